The number of aliphatic hydroxyl groups excluding tert-OH is 1. The summed E-state index contributed by atoms with van der Waals surface area (Å²) in [6.45, 7) is 0.688. The van der Waals surface area contributed by atoms with Gasteiger partial charge in [-0.15, -0.1) is 11.3 Å². The number of anilines is 1. The minimum Gasteiger partial charge on any atom is -0.390 e. The Hall–Kier alpha value is -1.85. The van der Waals surface area contributed by atoms with Crippen molar-refractivity contribution in [2.45, 2.75) is 13.2 Å². The zero-order valence-corrected chi connectivity index (χ0v) is 10.5. The predicted octanol–water partition coefficient (Wildman–Crippen LogP) is 2.50. The summed E-state index contributed by atoms with van der Waals surface area (Å²) in [6.07, 6.45) is 1.92. The van der Waals surface area contributed by atoms with Crippen LogP contribution in [0.1, 0.15) is 11.3 Å². The van der Waals surface area contributed by atoms with Crippen molar-refractivity contribution in [1.82, 2.24) is 9.38 Å². The number of nitrogens with zero attached hydrogens (tertiary/aromatic N) is 2. The second-order valence-electron chi connectivity index (χ2n) is 3.96. The molecule has 0 amide bonds. The molecular weight excluding hydrogens is 246 g/mol. The lowest BCUT2D eigenvalue weighted by molar-refractivity contribution is 0.276. The second-order valence-corrected chi connectivity index (χ2v) is 4.83. The van der Waals surface area contributed by atoms with Gasteiger partial charge in [0.25, 0.3) is 0 Å². The van der Waals surface area contributed by atoms with E-state index in [-0.39, 0.29) is 6.61 Å². The number of nitrogens with one attached hydrogen (secondary N) is 1. The van der Waals surface area contributed by atoms with Crippen LogP contribution in [-0.2, 0) is 13.2 Å². The van der Waals surface area contributed by atoms with Crippen LogP contribution in [0.4, 0.5) is 5.82 Å². The van der Waals surface area contributed by atoms with Crippen molar-refractivity contribution >= 4 is 22.1 Å². The van der Waals surface area contributed by atoms with E-state index in [2.05, 4.69) is 22.4 Å². The maximum Gasteiger partial charge on any atom is 0.195 e. The molecule has 5 heteroatoms. The van der Waals surface area contributed by atoms with Crippen LogP contribution in [0, 0.1) is 0 Å². The van der Waals surface area contributed by atoms with E-state index < -0.39 is 0 Å². The molecule has 0 aliphatic rings. The SMILES string of the molecule is OCc1c(NCc2ccccc2)nc2sccn12. The second kappa shape index (κ2) is 4.80. The van der Waals surface area contributed by atoms with Gasteiger partial charge in [-0.1, -0.05) is 30.3 Å². The first-order chi connectivity index (χ1) is 8.88. The molecule has 3 rings (SSSR count). The molecule has 92 valence electrons. The number of aromatic nitrogens is 2. The molecule has 0 atom stereocenters. The molecule has 2 N–H and O–H groups in total. The standard InChI is InChI=1S/C13H13N3OS/c17-9-11-12(15-13-16(11)6-7-18-13)14-8-10-4-2-1-3-5-10/h1-7,14,17H,8-9H2. The topological polar surface area (TPSA) is 49.6 Å². The number of aliphatic hydroxyl groups is 1. The Kier molecular flexibility index (Phi) is 3.00. The lowest BCUT2D eigenvalue weighted by atomic mass is 10.2. The van der Waals surface area contributed by atoms with Gasteiger partial charge < -0.3 is 10.4 Å². The molecule has 0 spiro atoms. The summed E-state index contributed by atoms with van der Waals surface area (Å²) < 4.78 is 1.91. The average Bonchev–Trinajstić information content (AvgIpc) is 2.97. The van der Waals surface area contributed by atoms with Crippen molar-refractivity contribution in [1.29, 1.82) is 0 Å². The van der Waals surface area contributed by atoms with Crippen LogP contribution in [0.15, 0.2) is 41.9 Å². The highest BCUT2D eigenvalue weighted by atomic mass is 32.1. The first-order valence-electron chi connectivity index (χ1n) is 5.71. The molecule has 0 unspecified atom stereocenters. The van der Waals surface area contributed by atoms with E-state index in [0.29, 0.717) is 6.54 Å². The van der Waals surface area contributed by atoms with E-state index in [9.17, 15) is 5.11 Å². The highest BCUT2D eigenvalue weighted by Crippen LogP contribution is 2.21. The Bertz CT molecular complexity index is 645. The summed E-state index contributed by atoms with van der Waals surface area (Å²) >= 11 is 1.56. The maximum atomic E-state index is 9.42. The first-order valence-corrected chi connectivity index (χ1v) is 6.59. The number of hydrogen-bond donors (Lipinski definition) is 2. The minimum absolute atomic E-state index is 0.0188. The summed E-state index contributed by atoms with van der Waals surface area (Å²) in [4.78, 5) is 5.37. The van der Waals surface area contributed by atoms with Gasteiger partial charge in [-0.2, -0.15) is 0 Å². The maximum absolute atomic E-state index is 9.42. The van der Waals surface area contributed by atoms with Crippen molar-refractivity contribution in [3.8, 4) is 0 Å². The van der Waals surface area contributed by atoms with E-state index in [1.54, 1.807) is 11.3 Å². The van der Waals surface area contributed by atoms with Gasteiger partial charge in [0.1, 0.15) is 0 Å². The van der Waals surface area contributed by atoms with Gasteiger partial charge in [-0.3, -0.25) is 4.40 Å². The normalized spacial score (nSPS) is 10.9. The van der Waals surface area contributed by atoms with Crippen LogP contribution in [-0.4, -0.2) is 14.5 Å². The summed E-state index contributed by atoms with van der Waals surface area (Å²) in [6, 6.07) is 10.1. The number of thiazole rings is 1. The van der Waals surface area contributed by atoms with Crippen molar-refractivity contribution in [3.05, 3.63) is 53.2 Å². The summed E-state index contributed by atoms with van der Waals surface area (Å²) in [5.41, 5.74) is 2.00. The van der Waals surface area contributed by atoms with Crippen molar-refractivity contribution in [2.24, 2.45) is 0 Å². The molecule has 2 heterocycles. The monoisotopic (exact) mass is 259 g/mol. The molecule has 18 heavy (non-hydrogen) atoms. The van der Waals surface area contributed by atoms with E-state index in [1.165, 1.54) is 5.56 Å². The molecule has 0 aliphatic heterocycles. The molecule has 0 aliphatic carbocycles. The molecular formula is C13H13N3OS. The zero-order valence-electron chi connectivity index (χ0n) is 9.71. The van der Waals surface area contributed by atoms with Gasteiger partial charge in [0.05, 0.1) is 12.3 Å². The van der Waals surface area contributed by atoms with Crippen molar-refractivity contribution < 1.29 is 5.11 Å². The van der Waals surface area contributed by atoms with E-state index >= 15 is 0 Å². The lowest BCUT2D eigenvalue weighted by Gasteiger charge is -2.05. The lowest BCUT2D eigenvalue weighted by Crippen LogP contribution is -2.03. The Morgan fingerprint density at radius 3 is 2.89 bits per heavy atom. The third-order valence-corrected chi connectivity index (χ3v) is 3.57. The Labute approximate surface area is 109 Å². The highest BCUT2D eigenvalue weighted by Gasteiger charge is 2.11. The van der Waals surface area contributed by atoms with Crippen LogP contribution >= 0.6 is 11.3 Å². The zero-order chi connectivity index (χ0) is 12.4. The average molecular weight is 259 g/mol. The fourth-order valence-corrected chi connectivity index (χ4v) is 2.64. The molecule has 0 saturated heterocycles. The first kappa shape index (κ1) is 11.3. The third kappa shape index (κ3) is 1.98. The molecule has 0 radical (unpaired) electrons. The molecule has 0 bridgehead atoms. The van der Waals surface area contributed by atoms with Crippen LogP contribution < -0.4 is 5.32 Å². The number of hydrogen-bond acceptors (Lipinski definition) is 4. The van der Waals surface area contributed by atoms with Crippen LogP contribution in [0.25, 0.3) is 4.96 Å². The van der Waals surface area contributed by atoms with Gasteiger partial charge >= 0.3 is 0 Å². The molecule has 4 nitrogen and oxygen atoms in total. The van der Waals surface area contributed by atoms with Gasteiger partial charge in [-0.05, 0) is 5.56 Å². The van der Waals surface area contributed by atoms with E-state index in [1.807, 2.05) is 34.2 Å². The molecule has 2 aromatic heterocycles. The molecule has 0 fully saturated rings. The highest BCUT2D eigenvalue weighted by molar-refractivity contribution is 7.15. The predicted molar refractivity (Wildman–Crippen MR) is 72.8 cm³/mol. The fraction of sp³-hybridized carbons (Fsp3) is 0.154. The fourth-order valence-electron chi connectivity index (χ4n) is 1.91. The van der Waals surface area contributed by atoms with Gasteiger partial charge in [-0.25, -0.2) is 4.98 Å². The number of imidazole rings is 1. The van der Waals surface area contributed by atoms with E-state index in [0.717, 1.165) is 16.5 Å². The quantitative estimate of drug-likeness (QED) is 0.757. The van der Waals surface area contributed by atoms with Gasteiger partial charge in [0, 0.05) is 18.1 Å². The van der Waals surface area contributed by atoms with Crippen LogP contribution in [0.5, 0.6) is 0 Å². The number of fused-ring (bicyclic) bond motifs is 1. The van der Waals surface area contributed by atoms with Gasteiger partial charge in [0.15, 0.2) is 10.8 Å². The van der Waals surface area contributed by atoms with Gasteiger partial charge in [0.2, 0.25) is 0 Å². The van der Waals surface area contributed by atoms with E-state index in [4.69, 9.17) is 0 Å². The largest absolute Gasteiger partial charge is 0.390 e. The smallest absolute Gasteiger partial charge is 0.195 e. The van der Waals surface area contributed by atoms with Crippen molar-refractivity contribution in [2.75, 3.05) is 5.32 Å². The minimum atomic E-state index is -0.0188. The Balaban J connectivity index is 1.84. The molecule has 0 saturated carbocycles. The number of rotatable bonds is 4. The van der Waals surface area contributed by atoms with Crippen LogP contribution in [0.2, 0.25) is 0 Å². The summed E-state index contributed by atoms with van der Waals surface area (Å²) in [5.74, 6) is 0.758. The molecule has 3 aromatic rings. The Morgan fingerprint density at radius 2 is 2.11 bits per heavy atom. The van der Waals surface area contributed by atoms with Crippen molar-refractivity contribution in [3.63, 3.8) is 0 Å². The third-order valence-electron chi connectivity index (χ3n) is 2.81. The summed E-state index contributed by atoms with van der Waals surface area (Å²) in [5, 5.41) is 14.7. The summed E-state index contributed by atoms with van der Waals surface area (Å²) in [7, 11) is 0. The Morgan fingerprint density at radius 1 is 1.28 bits per heavy atom. The molecule has 1 aromatic carbocycles. The number of benzene rings is 1. The van der Waals surface area contributed by atoms with Crippen LogP contribution in [0.3, 0.4) is 0 Å².